The normalized spacial score (nSPS) is 11.7. The highest BCUT2D eigenvalue weighted by Crippen LogP contribution is 2.30. The van der Waals surface area contributed by atoms with Gasteiger partial charge in [-0.15, -0.1) is 0 Å². The lowest BCUT2D eigenvalue weighted by Gasteiger charge is -2.10. The summed E-state index contributed by atoms with van der Waals surface area (Å²) in [5.41, 5.74) is 2.51. The average Bonchev–Trinajstić information content (AvgIpc) is 3.09. The molecule has 4 nitrogen and oxygen atoms in total. The van der Waals surface area contributed by atoms with Crippen molar-refractivity contribution >= 4 is 22.4 Å². The van der Waals surface area contributed by atoms with Gasteiger partial charge >= 0.3 is 6.18 Å². The van der Waals surface area contributed by atoms with E-state index < -0.39 is 11.7 Å². The monoisotopic (exact) mass is 354 g/mol. The Bertz CT molecular complexity index is 1050. The summed E-state index contributed by atoms with van der Waals surface area (Å²) in [4.78, 5) is 11.5. The summed E-state index contributed by atoms with van der Waals surface area (Å²) in [6, 6.07) is 14.5. The van der Waals surface area contributed by atoms with Crippen LogP contribution in [0.1, 0.15) is 5.56 Å². The molecule has 2 aromatic carbocycles. The van der Waals surface area contributed by atoms with Gasteiger partial charge in [-0.05, 0) is 42.5 Å². The molecule has 0 saturated heterocycles. The molecule has 0 atom stereocenters. The van der Waals surface area contributed by atoms with E-state index in [0.29, 0.717) is 11.5 Å². The Balaban J connectivity index is 1.59. The van der Waals surface area contributed by atoms with Gasteiger partial charge in [0, 0.05) is 34.4 Å². The summed E-state index contributed by atoms with van der Waals surface area (Å²) in [5, 5.41) is 4.07. The second kappa shape index (κ2) is 6.18. The van der Waals surface area contributed by atoms with Gasteiger partial charge in [0.2, 0.25) is 0 Å². The first kappa shape index (κ1) is 16.1. The minimum absolute atomic E-state index is 0.504. The Labute approximate surface area is 146 Å². The van der Waals surface area contributed by atoms with E-state index >= 15 is 0 Å². The molecule has 0 unspecified atom stereocenters. The molecule has 0 fully saturated rings. The number of anilines is 2. The zero-order valence-corrected chi connectivity index (χ0v) is 13.4. The van der Waals surface area contributed by atoms with E-state index in [0.717, 1.165) is 34.3 Å². The molecule has 0 amide bonds. The van der Waals surface area contributed by atoms with Gasteiger partial charge in [-0.3, -0.25) is 0 Å². The lowest BCUT2D eigenvalue weighted by Crippen LogP contribution is -2.04. The highest BCUT2D eigenvalue weighted by molar-refractivity contribution is 5.84. The number of alkyl halides is 3. The van der Waals surface area contributed by atoms with Crippen LogP contribution in [0.3, 0.4) is 0 Å². The van der Waals surface area contributed by atoms with E-state index in [9.17, 15) is 13.2 Å². The molecular weight excluding hydrogens is 341 g/mol. The van der Waals surface area contributed by atoms with Gasteiger partial charge in [0.15, 0.2) is 0 Å². The quantitative estimate of drug-likeness (QED) is 0.519. The highest BCUT2D eigenvalue weighted by atomic mass is 19.4. The molecule has 26 heavy (non-hydrogen) atoms. The van der Waals surface area contributed by atoms with Crippen molar-refractivity contribution in [2.75, 3.05) is 5.32 Å². The summed E-state index contributed by atoms with van der Waals surface area (Å²) in [6.45, 7) is 0. The van der Waals surface area contributed by atoms with Gasteiger partial charge in [0.1, 0.15) is 12.1 Å². The maximum atomic E-state index is 12.6. The summed E-state index contributed by atoms with van der Waals surface area (Å²) >= 11 is 0. The molecule has 2 aromatic heterocycles. The smallest absolute Gasteiger partial charge is 0.361 e. The van der Waals surface area contributed by atoms with Crippen molar-refractivity contribution in [3.63, 3.8) is 0 Å². The van der Waals surface area contributed by atoms with E-state index in [-0.39, 0.29) is 0 Å². The molecule has 0 radical (unpaired) electrons. The maximum absolute atomic E-state index is 12.6. The Morgan fingerprint density at radius 1 is 0.885 bits per heavy atom. The standard InChI is InChI=1S/C19H13F3N4/c20-19(21,22)14-2-4-15(5-3-14)26-18-10-17(24-11-25-18)12-1-6-16-13(9-12)7-8-23-16/h1-11,23H,(H,24,25,26). The van der Waals surface area contributed by atoms with Crippen LogP contribution in [0.2, 0.25) is 0 Å². The molecule has 0 aliphatic heterocycles. The van der Waals surface area contributed by atoms with Crippen molar-refractivity contribution < 1.29 is 13.2 Å². The molecule has 4 aromatic rings. The van der Waals surface area contributed by atoms with Crippen molar-refractivity contribution in [1.29, 1.82) is 0 Å². The zero-order valence-electron chi connectivity index (χ0n) is 13.4. The number of aromatic amines is 1. The third-order valence-corrected chi connectivity index (χ3v) is 4.00. The summed E-state index contributed by atoms with van der Waals surface area (Å²) < 4.78 is 37.9. The Kier molecular flexibility index (Phi) is 3.84. The second-order valence-corrected chi connectivity index (χ2v) is 5.77. The van der Waals surface area contributed by atoms with Crippen molar-refractivity contribution in [3.05, 3.63) is 72.7 Å². The third kappa shape index (κ3) is 3.23. The van der Waals surface area contributed by atoms with Gasteiger partial charge in [-0.2, -0.15) is 13.2 Å². The molecule has 2 heterocycles. The van der Waals surface area contributed by atoms with Crippen LogP contribution in [0.15, 0.2) is 67.1 Å². The molecule has 0 bridgehead atoms. The van der Waals surface area contributed by atoms with Crippen LogP contribution in [-0.4, -0.2) is 15.0 Å². The summed E-state index contributed by atoms with van der Waals surface area (Å²) in [5.74, 6) is 0.504. The number of aromatic nitrogens is 3. The Morgan fingerprint density at radius 3 is 2.46 bits per heavy atom. The molecule has 0 aliphatic carbocycles. The van der Waals surface area contributed by atoms with Gasteiger partial charge in [0.25, 0.3) is 0 Å². The first-order chi connectivity index (χ1) is 12.5. The number of halogens is 3. The van der Waals surface area contributed by atoms with Gasteiger partial charge in [-0.25, -0.2) is 9.97 Å². The Hall–Kier alpha value is -3.35. The van der Waals surface area contributed by atoms with Crippen LogP contribution in [-0.2, 0) is 6.18 Å². The number of benzene rings is 2. The highest BCUT2D eigenvalue weighted by Gasteiger charge is 2.29. The summed E-state index contributed by atoms with van der Waals surface area (Å²) in [6.07, 6.45) is -1.06. The average molecular weight is 354 g/mol. The SMILES string of the molecule is FC(F)(F)c1ccc(Nc2cc(-c3ccc4[nH]ccc4c3)ncn2)cc1. The van der Waals surface area contributed by atoms with E-state index in [1.807, 2.05) is 30.5 Å². The fraction of sp³-hybridized carbons (Fsp3) is 0.0526. The van der Waals surface area contributed by atoms with Gasteiger partial charge in [0.05, 0.1) is 11.3 Å². The molecule has 0 spiro atoms. The van der Waals surface area contributed by atoms with Crippen LogP contribution in [0.5, 0.6) is 0 Å². The zero-order chi connectivity index (χ0) is 18.1. The van der Waals surface area contributed by atoms with E-state index in [2.05, 4.69) is 20.3 Å². The van der Waals surface area contributed by atoms with Crippen molar-refractivity contribution in [2.45, 2.75) is 6.18 Å². The van der Waals surface area contributed by atoms with E-state index in [1.165, 1.54) is 18.5 Å². The van der Waals surface area contributed by atoms with Crippen LogP contribution >= 0.6 is 0 Å². The molecule has 2 N–H and O–H groups in total. The number of rotatable bonds is 3. The van der Waals surface area contributed by atoms with Gasteiger partial charge in [-0.1, -0.05) is 6.07 Å². The maximum Gasteiger partial charge on any atom is 0.416 e. The lowest BCUT2D eigenvalue weighted by molar-refractivity contribution is -0.137. The van der Waals surface area contributed by atoms with Crippen molar-refractivity contribution in [3.8, 4) is 11.3 Å². The van der Waals surface area contributed by atoms with Crippen LogP contribution in [0, 0.1) is 0 Å². The number of fused-ring (bicyclic) bond motifs is 1. The van der Waals surface area contributed by atoms with E-state index in [1.54, 1.807) is 6.07 Å². The number of H-pyrrole nitrogens is 1. The minimum atomic E-state index is -4.35. The topological polar surface area (TPSA) is 53.6 Å². The summed E-state index contributed by atoms with van der Waals surface area (Å²) in [7, 11) is 0. The number of hydrogen-bond donors (Lipinski definition) is 2. The van der Waals surface area contributed by atoms with Crippen LogP contribution < -0.4 is 5.32 Å². The number of nitrogens with one attached hydrogen (secondary N) is 2. The fourth-order valence-electron chi connectivity index (χ4n) is 2.69. The predicted molar refractivity (Wildman–Crippen MR) is 94.1 cm³/mol. The largest absolute Gasteiger partial charge is 0.416 e. The third-order valence-electron chi connectivity index (χ3n) is 4.00. The van der Waals surface area contributed by atoms with Crippen molar-refractivity contribution in [1.82, 2.24) is 15.0 Å². The van der Waals surface area contributed by atoms with Crippen molar-refractivity contribution in [2.24, 2.45) is 0 Å². The molecule has 7 heteroatoms. The van der Waals surface area contributed by atoms with Crippen LogP contribution in [0.4, 0.5) is 24.7 Å². The minimum Gasteiger partial charge on any atom is -0.361 e. The molecule has 130 valence electrons. The lowest BCUT2D eigenvalue weighted by atomic mass is 10.1. The first-order valence-corrected chi connectivity index (χ1v) is 7.83. The first-order valence-electron chi connectivity index (χ1n) is 7.83. The molecule has 0 aliphatic rings. The predicted octanol–water partition coefficient (Wildman–Crippen LogP) is 5.39. The fourth-order valence-corrected chi connectivity index (χ4v) is 2.69. The Morgan fingerprint density at radius 2 is 1.69 bits per heavy atom. The molecule has 0 saturated carbocycles. The molecular formula is C19H13F3N4. The second-order valence-electron chi connectivity index (χ2n) is 5.77. The molecule has 4 rings (SSSR count). The van der Waals surface area contributed by atoms with E-state index in [4.69, 9.17) is 0 Å². The van der Waals surface area contributed by atoms with Crippen LogP contribution in [0.25, 0.3) is 22.2 Å². The van der Waals surface area contributed by atoms with Gasteiger partial charge < -0.3 is 10.3 Å². The number of hydrogen-bond acceptors (Lipinski definition) is 3. The number of nitrogens with zero attached hydrogens (tertiary/aromatic N) is 2.